The summed E-state index contributed by atoms with van der Waals surface area (Å²) in [5.74, 6) is 1.42. The van der Waals surface area contributed by atoms with Crippen molar-refractivity contribution in [2.75, 3.05) is 44.7 Å². The number of carbonyl (C=O) groups is 1. The Morgan fingerprint density at radius 3 is 2.46 bits per heavy atom. The van der Waals surface area contributed by atoms with E-state index < -0.39 is 0 Å². The van der Waals surface area contributed by atoms with E-state index in [9.17, 15) is 4.79 Å². The molecule has 2 aromatic carbocycles. The summed E-state index contributed by atoms with van der Waals surface area (Å²) in [6.07, 6.45) is 0. The van der Waals surface area contributed by atoms with Gasteiger partial charge in [-0.1, -0.05) is 30.3 Å². The number of anilines is 1. The topological polar surface area (TPSA) is 54.0 Å². The second-order valence-corrected chi connectivity index (χ2v) is 7.32. The van der Waals surface area contributed by atoms with Crippen LogP contribution in [0.15, 0.2) is 48.5 Å². The van der Waals surface area contributed by atoms with Crippen LogP contribution in [0.3, 0.4) is 0 Å². The van der Waals surface area contributed by atoms with Crippen LogP contribution in [0.2, 0.25) is 0 Å². The number of carbonyl (C=O) groups excluding carboxylic acids is 1. The van der Waals surface area contributed by atoms with Gasteiger partial charge in [-0.05, 0) is 24.6 Å². The summed E-state index contributed by atoms with van der Waals surface area (Å²) < 4.78 is 11.1. The van der Waals surface area contributed by atoms with E-state index in [4.69, 9.17) is 9.47 Å². The second-order valence-electron chi connectivity index (χ2n) is 7.32. The Kier molecular flexibility index (Phi) is 5.78. The van der Waals surface area contributed by atoms with Crippen LogP contribution in [0, 0.1) is 0 Å². The molecule has 1 fully saturated rings. The molecule has 0 radical (unpaired) electrons. The summed E-state index contributed by atoms with van der Waals surface area (Å²) in [5.41, 5.74) is 2.07. The summed E-state index contributed by atoms with van der Waals surface area (Å²) in [6.45, 7) is 7.75. The van der Waals surface area contributed by atoms with Crippen molar-refractivity contribution in [2.24, 2.45) is 0 Å². The van der Waals surface area contributed by atoms with Gasteiger partial charge in [0, 0.05) is 44.5 Å². The predicted molar refractivity (Wildman–Crippen MR) is 109 cm³/mol. The molecule has 2 heterocycles. The van der Waals surface area contributed by atoms with E-state index in [0.29, 0.717) is 19.0 Å². The summed E-state index contributed by atoms with van der Waals surface area (Å²) >= 11 is 0. The van der Waals surface area contributed by atoms with Crippen LogP contribution in [-0.2, 0) is 11.3 Å². The molecule has 1 N–H and O–H groups in total. The third kappa shape index (κ3) is 4.46. The van der Waals surface area contributed by atoms with Crippen molar-refractivity contribution in [2.45, 2.75) is 19.5 Å². The first kappa shape index (κ1) is 18.8. The average molecular weight is 381 g/mol. The summed E-state index contributed by atoms with van der Waals surface area (Å²) in [4.78, 5) is 17.4. The van der Waals surface area contributed by atoms with Crippen molar-refractivity contribution in [3.8, 4) is 11.5 Å². The van der Waals surface area contributed by atoms with Crippen LogP contribution in [0.25, 0.3) is 0 Å². The van der Waals surface area contributed by atoms with Gasteiger partial charge in [-0.25, -0.2) is 0 Å². The van der Waals surface area contributed by atoms with Crippen LogP contribution in [0.5, 0.6) is 11.5 Å². The van der Waals surface area contributed by atoms with Crippen molar-refractivity contribution < 1.29 is 14.3 Å². The Balaban J connectivity index is 1.29. The van der Waals surface area contributed by atoms with E-state index in [1.807, 2.05) is 31.2 Å². The van der Waals surface area contributed by atoms with Gasteiger partial charge in [-0.15, -0.1) is 0 Å². The van der Waals surface area contributed by atoms with E-state index in [2.05, 4.69) is 39.4 Å². The zero-order valence-corrected chi connectivity index (χ0v) is 16.3. The van der Waals surface area contributed by atoms with Gasteiger partial charge in [-0.3, -0.25) is 14.6 Å². The average Bonchev–Trinajstić information content (AvgIpc) is 2.74. The third-order valence-electron chi connectivity index (χ3n) is 5.39. The minimum Gasteiger partial charge on any atom is -0.486 e. The van der Waals surface area contributed by atoms with Crippen molar-refractivity contribution in [1.82, 2.24) is 9.80 Å². The van der Waals surface area contributed by atoms with Crippen LogP contribution in [0.1, 0.15) is 12.5 Å². The molecular formula is C22H27N3O3. The first-order chi connectivity index (χ1) is 13.7. The molecule has 1 amide bonds. The Hall–Kier alpha value is -2.57. The first-order valence-electron chi connectivity index (χ1n) is 9.90. The fraction of sp³-hybridized carbons (Fsp3) is 0.409. The lowest BCUT2D eigenvalue weighted by Crippen LogP contribution is -2.52. The largest absolute Gasteiger partial charge is 0.486 e. The zero-order valence-electron chi connectivity index (χ0n) is 16.3. The molecule has 148 valence electrons. The molecule has 0 spiro atoms. The van der Waals surface area contributed by atoms with E-state index >= 15 is 0 Å². The predicted octanol–water partition coefficient (Wildman–Crippen LogP) is 2.60. The quantitative estimate of drug-likeness (QED) is 0.863. The number of hydrogen-bond donors (Lipinski definition) is 1. The van der Waals surface area contributed by atoms with Crippen molar-refractivity contribution in [3.05, 3.63) is 54.1 Å². The number of piperazine rings is 1. The van der Waals surface area contributed by atoms with Gasteiger partial charge in [0.05, 0.1) is 6.04 Å². The van der Waals surface area contributed by atoms with E-state index in [0.717, 1.165) is 44.2 Å². The number of ether oxygens (including phenoxy) is 2. The minimum absolute atomic E-state index is 0.00758. The molecule has 0 bridgehead atoms. The number of fused-ring (bicyclic) bond motifs is 1. The highest BCUT2D eigenvalue weighted by atomic mass is 16.6. The maximum Gasteiger partial charge on any atom is 0.241 e. The van der Waals surface area contributed by atoms with Crippen LogP contribution in [0.4, 0.5) is 5.69 Å². The summed E-state index contributed by atoms with van der Waals surface area (Å²) in [6, 6.07) is 15.9. The Morgan fingerprint density at radius 1 is 1.00 bits per heavy atom. The highest BCUT2D eigenvalue weighted by molar-refractivity contribution is 5.94. The zero-order chi connectivity index (χ0) is 19.3. The van der Waals surface area contributed by atoms with Gasteiger partial charge in [0.25, 0.3) is 0 Å². The lowest BCUT2D eigenvalue weighted by molar-refractivity contribution is -0.121. The van der Waals surface area contributed by atoms with Gasteiger partial charge in [-0.2, -0.15) is 0 Å². The van der Waals surface area contributed by atoms with Gasteiger partial charge >= 0.3 is 0 Å². The molecule has 2 aromatic rings. The number of rotatable bonds is 5. The number of nitrogens with zero attached hydrogens (tertiary/aromatic N) is 2. The molecule has 1 unspecified atom stereocenters. The van der Waals surface area contributed by atoms with E-state index in [-0.39, 0.29) is 11.9 Å². The number of nitrogens with one attached hydrogen (secondary N) is 1. The molecule has 0 aromatic heterocycles. The summed E-state index contributed by atoms with van der Waals surface area (Å²) in [7, 11) is 0. The van der Waals surface area contributed by atoms with Crippen LogP contribution >= 0.6 is 0 Å². The molecule has 2 aliphatic rings. The smallest absolute Gasteiger partial charge is 0.241 e. The second kappa shape index (κ2) is 8.63. The molecule has 28 heavy (non-hydrogen) atoms. The molecule has 1 saturated heterocycles. The maximum absolute atomic E-state index is 12.7. The summed E-state index contributed by atoms with van der Waals surface area (Å²) in [5, 5.41) is 3.01. The van der Waals surface area contributed by atoms with Crippen LogP contribution in [-0.4, -0.2) is 61.1 Å². The number of amides is 1. The minimum atomic E-state index is -0.174. The van der Waals surface area contributed by atoms with Crippen LogP contribution < -0.4 is 14.8 Å². The van der Waals surface area contributed by atoms with E-state index in [1.165, 1.54) is 5.56 Å². The Morgan fingerprint density at radius 2 is 1.71 bits per heavy atom. The van der Waals surface area contributed by atoms with Gasteiger partial charge in [0.15, 0.2) is 11.5 Å². The lowest BCUT2D eigenvalue weighted by atomic mass is 10.1. The highest BCUT2D eigenvalue weighted by Gasteiger charge is 2.26. The molecule has 6 nitrogen and oxygen atoms in total. The normalized spacial score (nSPS) is 18.5. The highest BCUT2D eigenvalue weighted by Crippen LogP contribution is 2.32. The van der Waals surface area contributed by atoms with Crippen molar-refractivity contribution in [1.29, 1.82) is 0 Å². The van der Waals surface area contributed by atoms with Gasteiger partial charge in [0.1, 0.15) is 13.2 Å². The molecule has 0 aliphatic carbocycles. The first-order valence-corrected chi connectivity index (χ1v) is 9.90. The molecule has 2 aliphatic heterocycles. The lowest BCUT2D eigenvalue weighted by Gasteiger charge is -2.37. The number of benzene rings is 2. The SMILES string of the molecule is CC(C(=O)Nc1ccc2c(c1)OCCO2)N1CCN(Cc2ccccc2)CC1. The fourth-order valence-electron chi connectivity index (χ4n) is 3.68. The monoisotopic (exact) mass is 381 g/mol. The van der Waals surface area contributed by atoms with Gasteiger partial charge in [0.2, 0.25) is 5.91 Å². The molecule has 1 atom stereocenters. The van der Waals surface area contributed by atoms with Crippen molar-refractivity contribution in [3.63, 3.8) is 0 Å². The fourth-order valence-corrected chi connectivity index (χ4v) is 3.68. The third-order valence-corrected chi connectivity index (χ3v) is 5.39. The maximum atomic E-state index is 12.7. The Bertz CT molecular complexity index is 804. The van der Waals surface area contributed by atoms with Crippen molar-refractivity contribution >= 4 is 11.6 Å². The molecule has 6 heteroatoms. The molecule has 4 rings (SSSR count). The number of hydrogen-bond acceptors (Lipinski definition) is 5. The van der Waals surface area contributed by atoms with Gasteiger partial charge < -0.3 is 14.8 Å². The van der Waals surface area contributed by atoms with E-state index in [1.54, 1.807) is 0 Å². The Labute approximate surface area is 166 Å². The molecule has 0 saturated carbocycles. The molecular weight excluding hydrogens is 354 g/mol. The standard InChI is InChI=1S/C22H27N3O3/c1-17(22(26)23-19-7-8-20-21(15-19)28-14-13-27-20)25-11-9-24(10-12-25)16-18-5-3-2-4-6-18/h2-8,15,17H,9-14,16H2,1H3,(H,23,26).